The number of aryl methyl sites for hydroxylation is 1. The van der Waals surface area contributed by atoms with Crippen LogP contribution in [-0.4, -0.2) is 15.0 Å². The van der Waals surface area contributed by atoms with Gasteiger partial charge in [0.05, 0.1) is 17.0 Å². The third-order valence-electron chi connectivity index (χ3n) is 6.50. The average Bonchev–Trinajstić information content (AvgIpc) is 3.28. The van der Waals surface area contributed by atoms with Gasteiger partial charge >= 0.3 is 0 Å². The second kappa shape index (κ2) is 9.15. The predicted molar refractivity (Wildman–Crippen MR) is 149 cm³/mol. The Bertz CT molecular complexity index is 1550. The van der Waals surface area contributed by atoms with Crippen LogP contribution in [0, 0.1) is 6.92 Å². The number of benzene rings is 2. The van der Waals surface area contributed by atoms with Crippen molar-refractivity contribution in [2.45, 2.75) is 59.3 Å². The van der Waals surface area contributed by atoms with Crippen LogP contribution in [0.3, 0.4) is 0 Å². The Kier molecular flexibility index (Phi) is 6.10. The lowest BCUT2D eigenvalue weighted by molar-refractivity contribution is 0.455. The van der Waals surface area contributed by atoms with Gasteiger partial charge in [-0.1, -0.05) is 65.8 Å². The van der Waals surface area contributed by atoms with E-state index in [-0.39, 0.29) is 10.8 Å². The predicted octanol–water partition coefficient (Wildman–Crippen LogP) is 8.65. The summed E-state index contributed by atoms with van der Waals surface area (Å²) in [6.07, 6.45) is 1.86. The first-order valence-electron chi connectivity index (χ1n) is 12.6. The topological polar surface area (TPSA) is 61.0 Å². The van der Waals surface area contributed by atoms with E-state index in [1.807, 2.05) is 61.7 Å². The molecule has 0 radical (unpaired) electrons. The van der Waals surface area contributed by atoms with Gasteiger partial charge in [-0.2, -0.15) is 0 Å². The van der Waals surface area contributed by atoms with Gasteiger partial charge in [-0.15, -0.1) is 0 Å². The van der Waals surface area contributed by atoms with Crippen LogP contribution in [0.4, 0.5) is 0 Å². The minimum atomic E-state index is -0.105. The Hall–Kier alpha value is -3.99. The van der Waals surface area contributed by atoms with E-state index in [4.69, 9.17) is 19.1 Å². The van der Waals surface area contributed by atoms with Gasteiger partial charge in [0, 0.05) is 12.3 Å². The van der Waals surface area contributed by atoms with Crippen molar-refractivity contribution in [1.82, 2.24) is 15.0 Å². The van der Waals surface area contributed by atoms with E-state index >= 15 is 0 Å². The molecule has 0 atom stereocenters. The van der Waals surface area contributed by atoms with Crippen molar-refractivity contribution < 1.29 is 9.15 Å². The van der Waals surface area contributed by atoms with Crippen LogP contribution >= 0.6 is 0 Å². The smallest absolute Gasteiger partial charge is 0.231 e. The average molecular weight is 492 g/mol. The normalized spacial score (nSPS) is 12.2. The van der Waals surface area contributed by atoms with Gasteiger partial charge in [-0.25, -0.2) is 9.97 Å². The molecule has 2 aromatic carbocycles. The molecule has 0 unspecified atom stereocenters. The maximum atomic E-state index is 6.55. The number of para-hydroxylation sites is 3. The van der Waals surface area contributed by atoms with Crippen molar-refractivity contribution in [3.63, 3.8) is 0 Å². The van der Waals surface area contributed by atoms with Crippen molar-refractivity contribution in [1.29, 1.82) is 0 Å². The number of oxazole rings is 1. The van der Waals surface area contributed by atoms with Crippen LogP contribution in [0.5, 0.6) is 11.6 Å². The standard InChI is InChI=1S/C32H33N3O2/c1-20-11-10-12-23(30-35-24-13-8-9-14-27(24)36-30)29(20)37-28-19-22(32(5,6)7)18-26(34-28)25-17-21(15-16-33-25)31(2,3)4/h8-19H,1-7H3. The van der Waals surface area contributed by atoms with Crippen molar-refractivity contribution in [2.24, 2.45) is 0 Å². The molecule has 0 spiro atoms. The quantitative estimate of drug-likeness (QED) is 0.252. The molecule has 0 saturated heterocycles. The number of hydrogen-bond acceptors (Lipinski definition) is 5. The first-order chi connectivity index (χ1) is 17.5. The fourth-order valence-electron chi connectivity index (χ4n) is 4.21. The SMILES string of the molecule is Cc1cccc(-c2nc3ccccc3o2)c1Oc1cc(C(C)(C)C)cc(-c2cc(C(C)(C)C)ccn2)n1. The molecule has 0 bridgehead atoms. The lowest BCUT2D eigenvalue weighted by Crippen LogP contribution is -2.13. The van der Waals surface area contributed by atoms with Gasteiger partial charge in [-0.05, 0) is 70.8 Å². The van der Waals surface area contributed by atoms with Crippen molar-refractivity contribution in [3.05, 3.63) is 89.6 Å². The monoisotopic (exact) mass is 491 g/mol. The van der Waals surface area contributed by atoms with Gasteiger partial charge in [0.2, 0.25) is 11.8 Å². The number of rotatable bonds is 4. The summed E-state index contributed by atoms with van der Waals surface area (Å²) in [5.74, 6) is 1.71. The van der Waals surface area contributed by atoms with E-state index in [9.17, 15) is 0 Å². The Morgan fingerprint density at radius 1 is 0.730 bits per heavy atom. The van der Waals surface area contributed by atoms with Crippen molar-refractivity contribution in [2.75, 3.05) is 0 Å². The molecule has 3 heterocycles. The first kappa shape index (κ1) is 24.7. The van der Waals surface area contributed by atoms with Gasteiger partial charge in [0.25, 0.3) is 0 Å². The minimum absolute atomic E-state index is 0.00823. The molecular formula is C32H33N3O2. The van der Waals surface area contributed by atoms with Gasteiger partial charge < -0.3 is 9.15 Å². The maximum absolute atomic E-state index is 6.55. The number of ether oxygens (including phenoxy) is 1. The molecule has 0 saturated carbocycles. The maximum Gasteiger partial charge on any atom is 0.231 e. The van der Waals surface area contributed by atoms with E-state index in [1.54, 1.807) is 0 Å². The minimum Gasteiger partial charge on any atom is -0.438 e. The molecule has 5 aromatic rings. The third-order valence-corrected chi connectivity index (χ3v) is 6.50. The summed E-state index contributed by atoms with van der Waals surface area (Å²) in [5, 5.41) is 0. The zero-order valence-corrected chi connectivity index (χ0v) is 22.6. The van der Waals surface area contributed by atoms with Crippen LogP contribution in [0.15, 0.2) is 77.3 Å². The number of aromatic nitrogens is 3. The molecule has 188 valence electrons. The van der Waals surface area contributed by atoms with Crippen LogP contribution in [0.25, 0.3) is 33.9 Å². The molecule has 0 fully saturated rings. The lowest BCUT2D eigenvalue weighted by atomic mass is 9.86. The molecule has 37 heavy (non-hydrogen) atoms. The fourth-order valence-corrected chi connectivity index (χ4v) is 4.21. The summed E-state index contributed by atoms with van der Waals surface area (Å²) >= 11 is 0. The second-order valence-corrected chi connectivity index (χ2v) is 11.5. The molecule has 3 aromatic heterocycles. The van der Waals surface area contributed by atoms with E-state index in [0.717, 1.165) is 39.2 Å². The van der Waals surface area contributed by atoms with Crippen LogP contribution < -0.4 is 4.74 Å². The highest BCUT2D eigenvalue weighted by Crippen LogP contribution is 2.38. The van der Waals surface area contributed by atoms with Crippen LogP contribution in [0.2, 0.25) is 0 Å². The molecule has 5 heteroatoms. The summed E-state index contributed by atoms with van der Waals surface area (Å²) in [5.41, 5.74) is 7.14. The second-order valence-electron chi connectivity index (χ2n) is 11.5. The molecule has 0 N–H and O–H groups in total. The zero-order chi connectivity index (χ0) is 26.4. The highest BCUT2D eigenvalue weighted by atomic mass is 16.5. The Morgan fingerprint density at radius 3 is 2.19 bits per heavy atom. The van der Waals surface area contributed by atoms with Crippen molar-refractivity contribution in [3.8, 4) is 34.5 Å². The Morgan fingerprint density at radius 2 is 1.46 bits per heavy atom. The van der Waals surface area contributed by atoms with Gasteiger partial charge in [-0.3, -0.25) is 4.98 Å². The summed E-state index contributed by atoms with van der Waals surface area (Å²) in [4.78, 5) is 14.3. The van der Waals surface area contributed by atoms with Crippen LogP contribution in [-0.2, 0) is 10.8 Å². The molecule has 5 rings (SSSR count). The third kappa shape index (κ3) is 5.12. The van der Waals surface area contributed by atoms with E-state index < -0.39 is 0 Å². The van der Waals surface area contributed by atoms with Crippen LogP contribution in [0.1, 0.15) is 58.2 Å². The van der Waals surface area contributed by atoms with E-state index in [0.29, 0.717) is 17.5 Å². The molecule has 0 aliphatic heterocycles. The first-order valence-corrected chi connectivity index (χ1v) is 12.6. The lowest BCUT2D eigenvalue weighted by Gasteiger charge is -2.22. The van der Waals surface area contributed by atoms with E-state index in [1.165, 1.54) is 5.56 Å². The van der Waals surface area contributed by atoms with Gasteiger partial charge in [0.15, 0.2) is 5.58 Å². The highest BCUT2D eigenvalue weighted by molar-refractivity contribution is 5.78. The summed E-state index contributed by atoms with van der Waals surface area (Å²) in [6.45, 7) is 15.2. The summed E-state index contributed by atoms with van der Waals surface area (Å²) < 4.78 is 12.6. The Balaban J connectivity index is 1.62. The van der Waals surface area contributed by atoms with Crippen molar-refractivity contribution >= 4 is 11.1 Å². The summed E-state index contributed by atoms with van der Waals surface area (Å²) in [7, 11) is 0. The number of pyridine rings is 2. The number of hydrogen-bond donors (Lipinski definition) is 0. The zero-order valence-electron chi connectivity index (χ0n) is 22.6. The fraction of sp³-hybridized carbons (Fsp3) is 0.281. The molecule has 0 aliphatic carbocycles. The van der Waals surface area contributed by atoms with Gasteiger partial charge in [0.1, 0.15) is 11.3 Å². The summed E-state index contributed by atoms with van der Waals surface area (Å²) in [6, 6.07) is 22.0. The number of nitrogens with zero attached hydrogens (tertiary/aromatic N) is 3. The highest BCUT2D eigenvalue weighted by Gasteiger charge is 2.22. The molecule has 5 nitrogen and oxygen atoms in total. The molecular weight excluding hydrogens is 458 g/mol. The molecule has 0 amide bonds. The van der Waals surface area contributed by atoms with E-state index in [2.05, 4.69) is 64.7 Å². The molecule has 0 aliphatic rings. The number of fused-ring (bicyclic) bond motifs is 1. The largest absolute Gasteiger partial charge is 0.438 e. The Labute approximate surface area is 218 Å².